The van der Waals surface area contributed by atoms with Crippen molar-refractivity contribution in [1.82, 2.24) is 14.7 Å². The number of thiophene rings is 1. The maximum atomic E-state index is 5.92. The Labute approximate surface area is 128 Å². The maximum absolute atomic E-state index is 5.92. The van der Waals surface area contributed by atoms with Crippen molar-refractivity contribution in [2.75, 3.05) is 13.3 Å². The molecule has 18 heavy (non-hydrogen) atoms. The fourth-order valence-electron chi connectivity index (χ4n) is 1.44. The van der Waals surface area contributed by atoms with Gasteiger partial charge in [0.1, 0.15) is 0 Å². The molecule has 0 radical (unpaired) electrons. The number of thioether (sulfide) groups is 1. The molecule has 0 saturated heterocycles. The normalized spacial score (nSPS) is 11.3. The highest BCUT2D eigenvalue weighted by molar-refractivity contribution is 8.00. The van der Waals surface area contributed by atoms with Crippen LogP contribution in [0, 0.1) is 3.95 Å². The van der Waals surface area contributed by atoms with Crippen LogP contribution < -0.4 is 0 Å². The minimum absolute atomic E-state index is 0.700. The molecule has 0 bridgehead atoms. The summed E-state index contributed by atoms with van der Waals surface area (Å²) in [6.07, 6.45) is 2.01. The van der Waals surface area contributed by atoms with Crippen LogP contribution in [-0.4, -0.2) is 28.0 Å². The molecule has 98 valence electrons. The van der Waals surface area contributed by atoms with Crippen molar-refractivity contribution >= 4 is 58.3 Å². The van der Waals surface area contributed by atoms with Crippen molar-refractivity contribution in [2.45, 2.75) is 17.6 Å². The summed E-state index contributed by atoms with van der Waals surface area (Å²) < 4.78 is 4.51. The van der Waals surface area contributed by atoms with Crippen LogP contribution in [0.25, 0.3) is 0 Å². The number of aromatic nitrogens is 2. The molecular formula is C10H12ClN3S4. The Morgan fingerprint density at radius 1 is 1.50 bits per heavy atom. The second-order valence-corrected chi connectivity index (χ2v) is 8.17. The standard InChI is InChI=1S/C10H12ClN3S4/c1-13(5-7-3-4-8(11)17-7)6-14-10(15)18-9(12-14)16-2/h3-4H,5-6H2,1-2H3. The van der Waals surface area contributed by atoms with E-state index < -0.39 is 0 Å². The van der Waals surface area contributed by atoms with Gasteiger partial charge in [0, 0.05) is 11.4 Å². The molecule has 2 aromatic heterocycles. The zero-order valence-corrected chi connectivity index (χ0v) is 13.9. The SMILES string of the molecule is CSc1nn(CN(C)Cc2ccc(Cl)s2)c(=S)s1. The zero-order chi connectivity index (χ0) is 13.1. The summed E-state index contributed by atoms with van der Waals surface area (Å²) in [5.41, 5.74) is 0. The summed E-state index contributed by atoms with van der Waals surface area (Å²) in [5.74, 6) is 0. The number of halogens is 1. The predicted octanol–water partition coefficient (Wildman–Crippen LogP) is 4.20. The Bertz CT molecular complexity index is 574. The van der Waals surface area contributed by atoms with Crippen LogP contribution in [0.4, 0.5) is 0 Å². The van der Waals surface area contributed by atoms with E-state index in [9.17, 15) is 0 Å². The Morgan fingerprint density at radius 3 is 2.83 bits per heavy atom. The van der Waals surface area contributed by atoms with Crippen molar-refractivity contribution in [3.05, 3.63) is 25.3 Å². The average Bonchev–Trinajstić information content (AvgIpc) is 2.86. The molecule has 0 N–H and O–H groups in total. The number of nitrogens with zero attached hydrogens (tertiary/aromatic N) is 3. The maximum Gasteiger partial charge on any atom is 0.181 e. The molecule has 0 saturated carbocycles. The van der Waals surface area contributed by atoms with E-state index in [1.54, 1.807) is 34.4 Å². The summed E-state index contributed by atoms with van der Waals surface area (Å²) in [4.78, 5) is 3.41. The van der Waals surface area contributed by atoms with E-state index in [0.29, 0.717) is 6.67 Å². The van der Waals surface area contributed by atoms with E-state index in [0.717, 1.165) is 19.2 Å². The van der Waals surface area contributed by atoms with Gasteiger partial charge in [-0.05, 0) is 37.7 Å². The van der Waals surface area contributed by atoms with Crippen LogP contribution in [0.2, 0.25) is 4.34 Å². The summed E-state index contributed by atoms with van der Waals surface area (Å²) >= 11 is 16.0. The van der Waals surface area contributed by atoms with E-state index in [-0.39, 0.29) is 0 Å². The molecule has 0 atom stereocenters. The van der Waals surface area contributed by atoms with Crippen LogP contribution in [0.15, 0.2) is 16.5 Å². The Balaban J connectivity index is 2.00. The Morgan fingerprint density at radius 2 is 2.28 bits per heavy atom. The van der Waals surface area contributed by atoms with Crippen molar-refractivity contribution in [3.63, 3.8) is 0 Å². The van der Waals surface area contributed by atoms with Crippen LogP contribution >= 0.6 is 58.3 Å². The number of rotatable bonds is 5. The van der Waals surface area contributed by atoms with Gasteiger partial charge in [0.15, 0.2) is 8.29 Å². The highest BCUT2D eigenvalue weighted by Gasteiger charge is 2.07. The lowest BCUT2D eigenvalue weighted by atomic mass is 10.4. The molecule has 0 unspecified atom stereocenters. The van der Waals surface area contributed by atoms with Crippen molar-refractivity contribution in [1.29, 1.82) is 0 Å². The first-order valence-corrected chi connectivity index (χ1v) is 8.77. The van der Waals surface area contributed by atoms with Gasteiger partial charge in [-0.3, -0.25) is 4.90 Å². The first-order valence-electron chi connectivity index (χ1n) is 5.13. The third-order valence-corrected chi connectivity index (χ3v) is 5.69. The zero-order valence-electron chi connectivity index (χ0n) is 9.92. The molecule has 0 amide bonds. The smallest absolute Gasteiger partial charge is 0.181 e. The van der Waals surface area contributed by atoms with Gasteiger partial charge in [0.05, 0.1) is 11.0 Å². The van der Waals surface area contributed by atoms with E-state index in [1.807, 2.05) is 24.1 Å². The van der Waals surface area contributed by atoms with Crippen LogP contribution in [0.3, 0.4) is 0 Å². The molecule has 3 nitrogen and oxygen atoms in total. The first kappa shape index (κ1) is 14.5. The lowest BCUT2D eigenvalue weighted by Gasteiger charge is -2.15. The van der Waals surface area contributed by atoms with Gasteiger partial charge >= 0.3 is 0 Å². The molecule has 2 rings (SSSR count). The fourth-order valence-corrected chi connectivity index (χ4v) is 4.34. The number of hydrogen-bond acceptors (Lipinski definition) is 6. The minimum Gasteiger partial charge on any atom is -0.282 e. The lowest BCUT2D eigenvalue weighted by Crippen LogP contribution is -2.21. The molecule has 0 aliphatic rings. The van der Waals surface area contributed by atoms with E-state index in [4.69, 9.17) is 23.8 Å². The van der Waals surface area contributed by atoms with Gasteiger partial charge in [-0.2, -0.15) is 5.10 Å². The minimum atomic E-state index is 0.700. The molecule has 0 spiro atoms. The van der Waals surface area contributed by atoms with Gasteiger partial charge in [0.2, 0.25) is 0 Å². The summed E-state index contributed by atoms with van der Waals surface area (Å²) in [7, 11) is 2.05. The quantitative estimate of drug-likeness (QED) is 0.602. The van der Waals surface area contributed by atoms with Gasteiger partial charge in [-0.25, -0.2) is 4.68 Å². The highest BCUT2D eigenvalue weighted by atomic mass is 35.5. The summed E-state index contributed by atoms with van der Waals surface area (Å²) in [5, 5.41) is 4.44. The van der Waals surface area contributed by atoms with Crippen LogP contribution in [0.1, 0.15) is 4.88 Å². The second kappa shape index (κ2) is 6.49. The van der Waals surface area contributed by atoms with Crippen molar-refractivity contribution in [3.8, 4) is 0 Å². The first-order chi connectivity index (χ1) is 8.58. The molecule has 0 fully saturated rings. The van der Waals surface area contributed by atoms with Crippen LogP contribution in [-0.2, 0) is 13.2 Å². The Hall–Kier alpha value is 0.0800. The lowest BCUT2D eigenvalue weighted by molar-refractivity contribution is 0.245. The summed E-state index contributed by atoms with van der Waals surface area (Å²) in [6, 6.07) is 3.98. The Kier molecular flexibility index (Phi) is 5.23. The van der Waals surface area contributed by atoms with Gasteiger partial charge < -0.3 is 0 Å². The molecule has 2 heterocycles. The topological polar surface area (TPSA) is 21.1 Å². The number of hydrogen-bond donors (Lipinski definition) is 0. The van der Waals surface area contributed by atoms with Gasteiger partial charge in [0.25, 0.3) is 0 Å². The largest absolute Gasteiger partial charge is 0.282 e. The molecule has 2 aromatic rings. The fraction of sp³-hybridized carbons (Fsp3) is 0.400. The molecule has 0 aliphatic heterocycles. The summed E-state index contributed by atoms with van der Waals surface area (Å²) in [6.45, 7) is 1.55. The molecule has 8 heteroatoms. The third-order valence-electron chi connectivity index (χ3n) is 2.19. The van der Waals surface area contributed by atoms with Gasteiger partial charge in [-0.15, -0.1) is 11.3 Å². The second-order valence-electron chi connectivity index (χ2n) is 3.70. The molecule has 0 aromatic carbocycles. The molecule has 0 aliphatic carbocycles. The molecular weight excluding hydrogens is 326 g/mol. The van der Waals surface area contributed by atoms with Gasteiger partial charge in [-0.1, -0.05) is 34.7 Å². The monoisotopic (exact) mass is 337 g/mol. The predicted molar refractivity (Wildman–Crippen MR) is 83.5 cm³/mol. The van der Waals surface area contributed by atoms with Crippen LogP contribution in [0.5, 0.6) is 0 Å². The third kappa shape index (κ3) is 3.79. The van der Waals surface area contributed by atoms with Crippen molar-refractivity contribution in [2.24, 2.45) is 0 Å². The average molecular weight is 338 g/mol. The highest BCUT2D eigenvalue weighted by Crippen LogP contribution is 2.23. The van der Waals surface area contributed by atoms with E-state index >= 15 is 0 Å². The van der Waals surface area contributed by atoms with Crippen molar-refractivity contribution < 1.29 is 0 Å². The van der Waals surface area contributed by atoms with E-state index in [1.165, 1.54) is 4.88 Å². The van der Waals surface area contributed by atoms with E-state index in [2.05, 4.69) is 16.1 Å².